The van der Waals surface area contributed by atoms with Crippen LogP contribution in [0.25, 0.3) is 88.8 Å². The Labute approximate surface area is 297 Å². The van der Waals surface area contributed by atoms with Gasteiger partial charge in [-0.15, -0.1) is 0 Å². The number of rotatable bonds is 6. The first kappa shape index (κ1) is 29.4. The second-order valence-electron chi connectivity index (χ2n) is 12.5. The molecule has 2 aromatic heterocycles. The summed E-state index contributed by atoms with van der Waals surface area (Å²) in [5, 5.41) is 7.24. The van der Waals surface area contributed by atoms with Gasteiger partial charge in [0.15, 0.2) is 17.5 Å². The Bertz CT molecular complexity index is 2890. The van der Waals surface area contributed by atoms with Gasteiger partial charge in [-0.1, -0.05) is 133 Å². The number of fused-ring (bicyclic) bond motifs is 3. The molecule has 0 saturated carbocycles. The fourth-order valence-electron chi connectivity index (χ4n) is 7.01. The van der Waals surface area contributed by atoms with Gasteiger partial charge >= 0.3 is 0 Å². The Hall–Kier alpha value is -6.56. The van der Waals surface area contributed by atoms with Crippen LogP contribution in [0.4, 0.5) is 0 Å². The van der Waals surface area contributed by atoms with Crippen LogP contribution in [0.1, 0.15) is 0 Å². The monoisotopic (exact) mass is 675 g/mol. The second-order valence-corrected chi connectivity index (χ2v) is 12.9. The lowest BCUT2D eigenvalue weighted by atomic mass is 9.94. The SMILES string of the molecule is Clc1ccc(-c2nc(-c3ccccc3)nc(-c3ccc(-c4ccccc4)cc3)n2)cc1Oc1cc2oc3cccc4c5ccccc5c(c1)c2c34. The van der Waals surface area contributed by atoms with Gasteiger partial charge in [0.2, 0.25) is 0 Å². The summed E-state index contributed by atoms with van der Waals surface area (Å²) in [6.07, 6.45) is 0. The average Bonchev–Trinajstić information content (AvgIpc) is 3.58. The van der Waals surface area contributed by atoms with Crippen LogP contribution in [-0.2, 0) is 0 Å². The molecule has 0 radical (unpaired) electrons. The standard InChI is InChI=1S/C45H26ClN3O2/c46-37-23-22-31(24-39(37)50-32-25-36-34-15-8-7-14-33(34)35-16-9-17-38-41(35)42(36)40(26-32)51-38)45-48-43(29-12-5-2-6-13-29)47-44(49-45)30-20-18-28(19-21-30)27-10-3-1-4-11-27/h1-26H. The molecule has 0 spiro atoms. The molecule has 10 rings (SSSR count). The van der Waals surface area contributed by atoms with Crippen LogP contribution in [0.5, 0.6) is 11.5 Å². The number of hydrogen-bond acceptors (Lipinski definition) is 5. The molecule has 51 heavy (non-hydrogen) atoms. The Balaban J connectivity index is 1.07. The molecule has 0 aliphatic heterocycles. The minimum absolute atomic E-state index is 0.467. The predicted molar refractivity (Wildman–Crippen MR) is 207 cm³/mol. The van der Waals surface area contributed by atoms with E-state index >= 15 is 0 Å². The lowest BCUT2D eigenvalue weighted by molar-refractivity contribution is 0.483. The van der Waals surface area contributed by atoms with E-state index in [1.807, 2.05) is 97.1 Å². The van der Waals surface area contributed by atoms with Gasteiger partial charge in [0.05, 0.1) is 5.02 Å². The third kappa shape index (κ3) is 5.06. The first-order valence-electron chi connectivity index (χ1n) is 16.7. The van der Waals surface area contributed by atoms with Gasteiger partial charge in [-0.3, -0.25) is 0 Å². The molecule has 6 heteroatoms. The lowest BCUT2D eigenvalue weighted by Gasteiger charge is -2.13. The molecular weight excluding hydrogens is 650 g/mol. The third-order valence-electron chi connectivity index (χ3n) is 9.41. The number of benzene rings is 8. The van der Waals surface area contributed by atoms with Crippen molar-refractivity contribution in [2.75, 3.05) is 0 Å². The number of halogens is 1. The summed E-state index contributed by atoms with van der Waals surface area (Å²) < 4.78 is 13.0. The largest absolute Gasteiger partial charge is 0.456 e. The summed E-state index contributed by atoms with van der Waals surface area (Å²) >= 11 is 6.80. The van der Waals surface area contributed by atoms with Gasteiger partial charge in [0.1, 0.15) is 22.7 Å². The molecule has 2 heterocycles. The Kier molecular flexibility index (Phi) is 6.79. The van der Waals surface area contributed by atoms with Crippen LogP contribution >= 0.6 is 11.6 Å². The van der Waals surface area contributed by atoms with E-state index in [4.69, 9.17) is 35.7 Å². The van der Waals surface area contributed by atoms with Gasteiger partial charge in [0.25, 0.3) is 0 Å². The van der Waals surface area contributed by atoms with Crippen molar-refractivity contribution in [2.24, 2.45) is 0 Å². The highest BCUT2D eigenvalue weighted by atomic mass is 35.5. The minimum atomic E-state index is 0.467. The highest BCUT2D eigenvalue weighted by Crippen LogP contribution is 2.45. The number of ether oxygens (including phenoxy) is 1. The summed E-state index contributed by atoms with van der Waals surface area (Å²) in [7, 11) is 0. The number of aromatic nitrogens is 3. The van der Waals surface area contributed by atoms with Crippen LogP contribution in [0.2, 0.25) is 5.02 Å². The second kappa shape index (κ2) is 11.8. The fourth-order valence-corrected chi connectivity index (χ4v) is 7.17. The van der Waals surface area contributed by atoms with Gasteiger partial charge in [0, 0.05) is 33.5 Å². The van der Waals surface area contributed by atoms with Crippen molar-refractivity contribution in [3.8, 4) is 56.8 Å². The summed E-state index contributed by atoms with van der Waals surface area (Å²) in [6, 6.07) is 52.8. The van der Waals surface area contributed by atoms with E-state index in [0.717, 1.165) is 60.5 Å². The van der Waals surface area contributed by atoms with E-state index < -0.39 is 0 Å². The molecule has 0 amide bonds. The Morgan fingerprint density at radius 2 is 0.941 bits per heavy atom. The van der Waals surface area contributed by atoms with Crippen LogP contribution in [0.3, 0.4) is 0 Å². The van der Waals surface area contributed by atoms with Crippen LogP contribution in [0.15, 0.2) is 162 Å². The normalized spacial score (nSPS) is 11.6. The molecule has 8 aromatic carbocycles. The maximum absolute atomic E-state index is 6.80. The summed E-state index contributed by atoms with van der Waals surface area (Å²) in [5.41, 5.74) is 6.41. The van der Waals surface area contributed by atoms with Crippen molar-refractivity contribution in [2.45, 2.75) is 0 Å². The number of furan rings is 1. The smallest absolute Gasteiger partial charge is 0.164 e. The Morgan fingerprint density at radius 1 is 0.412 bits per heavy atom. The average molecular weight is 676 g/mol. The van der Waals surface area contributed by atoms with E-state index in [-0.39, 0.29) is 0 Å². The number of nitrogens with zero attached hydrogens (tertiary/aromatic N) is 3. The topological polar surface area (TPSA) is 61.0 Å². The van der Waals surface area contributed by atoms with Crippen molar-refractivity contribution in [3.63, 3.8) is 0 Å². The first-order chi connectivity index (χ1) is 25.2. The van der Waals surface area contributed by atoms with E-state index in [1.165, 1.54) is 10.8 Å². The van der Waals surface area contributed by atoms with Crippen molar-refractivity contribution < 1.29 is 9.15 Å². The molecule has 0 saturated heterocycles. The van der Waals surface area contributed by atoms with Gasteiger partial charge in [-0.2, -0.15) is 0 Å². The molecule has 0 aliphatic rings. The van der Waals surface area contributed by atoms with Crippen molar-refractivity contribution >= 4 is 55.1 Å². The predicted octanol–water partition coefficient (Wildman–Crippen LogP) is 12.6. The lowest BCUT2D eigenvalue weighted by Crippen LogP contribution is -2.00. The van der Waals surface area contributed by atoms with Crippen molar-refractivity contribution in [3.05, 3.63) is 163 Å². The van der Waals surface area contributed by atoms with Crippen LogP contribution in [0, 0.1) is 0 Å². The zero-order chi connectivity index (χ0) is 33.9. The molecule has 10 aromatic rings. The van der Waals surface area contributed by atoms with Crippen LogP contribution in [-0.4, -0.2) is 15.0 Å². The van der Waals surface area contributed by atoms with Gasteiger partial charge in [-0.25, -0.2) is 15.0 Å². The molecule has 0 atom stereocenters. The van der Waals surface area contributed by atoms with Crippen molar-refractivity contribution in [1.29, 1.82) is 0 Å². The van der Waals surface area contributed by atoms with Gasteiger partial charge < -0.3 is 9.15 Å². The summed E-state index contributed by atoms with van der Waals surface area (Å²) in [6.45, 7) is 0. The van der Waals surface area contributed by atoms with Crippen LogP contribution < -0.4 is 4.74 Å². The Morgan fingerprint density at radius 3 is 1.67 bits per heavy atom. The molecule has 0 unspecified atom stereocenters. The minimum Gasteiger partial charge on any atom is -0.456 e. The number of hydrogen-bond donors (Lipinski definition) is 0. The quantitative estimate of drug-likeness (QED) is 0.164. The first-order valence-corrected chi connectivity index (χ1v) is 17.1. The van der Waals surface area contributed by atoms with Crippen molar-refractivity contribution in [1.82, 2.24) is 15.0 Å². The maximum Gasteiger partial charge on any atom is 0.164 e. The maximum atomic E-state index is 6.80. The zero-order valence-electron chi connectivity index (χ0n) is 27.0. The molecule has 0 N–H and O–H groups in total. The summed E-state index contributed by atoms with van der Waals surface area (Å²) in [4.78, 5) is 14.8. The molecule has 0 bridgehead atoms. The van der Waals surface area contributed by atoms with E-state index in [0.29, 0.717) is 34.0 Å². The highest BCUT2D eigenvalue weighted by Gasteiger charge is 2.20. The fraction of sp³-hybridized carbons (Fsp3) is 0. The zero-order valence-corrected chi connectivity index (χ0v) is 27.8. The molecule has 0 fully saturated rings. The third-order valence-corrected chi connectivity index (χ3v) is 9.73. The highest BCUT2D eigenvalue weighted by molar-refractivity contribution is 6.33. The molecular formula is C45H26ClN3O2. The molecule has 240 valence electrons. The molecule has 0 aliphatic carbocycles. The molecule has 5 nitrogen and oxygen atoms in total. The van der Waals surface area contributed by atoms with E-state index in [9.17, 15) is 0 Å². The van der Waals surface area contributed by atoms with Gasteiger partial charge in [-0.05, 0) is 63.0 Å². The summed E-state index contributed by atoms with van der Waals surface area (Å²) in [5.74, 6) is 2.76. The van der Waals surface area contributed by atoms with E-state index in [2.05, 4.69) is 60.7 Å². The van der Waals surface area contributed by atoms with E-state index in [1.54, 1.807) is 0 Å².